The maximum absolute atomic E-state index is 0. The van der Waals surface area contributed by atoms with Gasteiger partial charge in [0.05, 0.1) is 0 Å². The second kappa shape index (κ2) is 1710. The van der Waals surface area contributed by atoms with E-state index >= 15 is 0 Å². The van der Waals surface area contributed by atoms with Crippen LogP contribution in [-0.2, 0) is 20.1 Å². The summed E-state index contributed by atoms with van der Waals surface area (Å²) in [5.41, 5.74) is 0. The average molecular weight is 331 g/mol. The molecule has 0 rings (SSSR count). The van der Waals surface area contributed by atoms with Crippen LogP contribution in [0.5, 0.6) is 0 Å². The molecule has 0 aliphatic carbocycles. The van der Waals surface area contributed by atoms with Gasteiger partial charge < -0.3 is 44.6 Å². The molecule has 0 aliphatic rings. The predicted octanol–water partition coefficient (Wildman–Crippen LogP) is 4.61. The molecule has 0 aliphatic heterocycles. The van der Waals surface area contributed by atoms with Gasteiger partial charge in [-0.15, -0.1) is 0 Å². The second-order valence-corrected chi connectivity index (χ2v) is 0. The quantitative estimate of drug-likeness (QED) is 0.569. The fourth-order valence-corrected chi connectivity index (χ4v) is 0. The fraction of sp³-hybridized carbons (Fsp3) is 0.333. The first kappa shape index (κ1) is 2350. The zero-order valence-corrected chi connectivity index (χ0v) is 8.73. The molecule has 0 aromatic heterocycles. The van der Waals surface area contributed by atoms with Crippen LogP contribution in [0, 0.1) is 44.6 Å². The first-order valence-electron chi connectivity index (χ1n) is 0. The van der Waals surface area contributed by atoms with Crippen LogP contribution in [0.1, 0.15) is 22.3 Å². The number of hydrogen-bond acceptors (Lipinski definition) is 0. The van der Waals surface area contributed by atoms with Crippen LogP contribution in [0.4, 0.5) is 0 Å². The molecule has 1 radical (unpaired) electrons. The first-order chi connectivity index (χ1) is 0. The van der Waals surface area contributed by atoms with E-state index in [-0.39, 0.29) is 86.9 Å². The van der Waals surface area contributed by atoms with Gasteiger partial charge in [0.25, 0.3) is 0 Å². The molecule has 0 saturated heterocycles. The first-order valence-corrected chi connectivity index (χ1v) is 0. The van der Waals surface area contributed by atoms with E-state index in [1.165, 1.54) is 0 Å². The zero-order valence-electron chi connectivity index (χ0n) is 6.33. The van der Waals surface area contributed by atoms with Crippen molar-refractivity contribution < 1.29 is 20.1 Å². The minimum Gasteiger partial charge on any atom is -0.358 e. The minimum atomic E-state index is 0. The summed E-state index contributed by atoms with van der Waals surface area (Å²) in [6.45, 7) is 0. The van der Waals surface area contributed by atoms with Crippen molar-refractivity contribution in [2.75, 3.05) is 0 Å². The summed E-state index contributed by atoms with van der Waals surface area (Å²) in [5.74, 6) is 0. The van der Waals surface area contributed by atoms with Gasteiger partial charge in [0, 0.05) is 20.1 Å². The predicted molar refractivity (Wildman–Crippen MR) is 58.7 cm³/mol. The van der Waals surface area contributed by atoms with Crippen molar-refractivity contribution in [1.29, 1.82) is 0 Å². The van der Waals surface area contributed by atoms with Crippen molar-refractivity contribution in [3.63, 3.8) is 0 Å². The Balaban J connectivity index is 0. The second-order valence-electron chi connectivity index (χ2n) is 0. The Morgan fingerprint density at radius 3 is 0.300 bits per heavy atom. The number of rotatable bonds is 0. The zero-order chi connectivity index (χ0) is 0. The van der Waals surface area contributed by atoms with Gasteiger partial charge in [-0.3, -0.25) is 0 Å². The minimum absolute atomic E-state index is 0. The Morgan fingerprint density at radius 2 is 0.300 bits per heavy atom. The van der Waals surface area contributed by atoms with E-state index in [4.69, 9.17) is 0 Å². The van der Waals surface area contributed by atoms with E-state index in [0.29, 0.717) is 0 Å². The van der Waals surface area contributed by atoms with Crippen molar-refractivity contribution in [1.82, 2.24) is 0 Å². The molecule has 0 spiro atoms. The van der Waals surface area contributed by atoms with Crippen molar-refractivity contribution in [2.45, 2.75) is 22.3 Å². The van der Waals surface area contributed by atoms with Crippen LogP contribution < -0.4 is 0 Å². The maximum Gasteiger partial charge on any atom is 0 e. The van der Waals surface area contributed by atoms with Crippen molar-refractivity contribution in [2.24, 2.45) is 0 Å². The Kier molecular flexibility index (Phi) is 403000. The summed E-state index contributed by atoms with van der Waals surface area (Å²) >= 11 is 0. The molecule has 0 aromatic rings. The van der Waals surface area contributed by atoms with Gasteiger partial charge in [0.15, 0.2) is 0 Å². The van der Waals surface area contributed by atoms with Crippen LogP contribution in [-0.4, -0.2) is 0 Å². The third-order valence-corrected chi connectivity index (χ3v) is 0. The molecular weight excluding hydrogens is 300 g/mol. The van der Waals surface area contributed by atoms with E-state index in [2.05, 4.69) is 0 Å². The largest absolute Gasteiger partial charge is 0.358 e. The van der Waals surface area contributed by atoms with E-state index in [0.717, 1.165) is 0 Å². The SMILES string of the molecule is C.C.C.[CH3-].[CH3-].[CH3-].[CH3-].[CH3-].[CH3-].[Ir]. The molecule has 0 unspecified atom stereocenters. The monoisotopic (exact) mass is 331 g/mol. The van der Waals surface area contributed by atoms with Gasteiger partial charge in [-0.25, -0.2) is 0 Å². The van der Waals surface area contributed by atoms with Crippen LogP contribution in [0.25, 0.3) is 0 Å². The summed E-state index contributed by atoms with van der Waals surface area (Å²) in [6.07, 6.45) is 0. The molecule has 0 aromatic carbocycles. The van der Waals surface area contributed by atoms with Crippen molar-refractivity contribution in [3.05, 3.63) is 44.6 Å². The van der Waals surface area contributed by atoms with E-state index in [9.17, 15) is 0 Å². The molecule has 0 heterocycles. The summed E-state index contributed by atoms with van der Waals surface area (Å²) in [4.78, 5) is 0. The van der Waals surface area contributed by atoms with E-state index in [1.807, 2.05) is 0 Å². The topological polar surface area (TPSA) is 0 Å². The van der Waals surface area contributed by atoms with E-state index in [1.54, 1.807) is 0 Å². The van der Waals surface area contributed by atoms with Crippen LogP contribution >= 0.6 is 0 Å². The Morgan fingerprint density at radius 1 is 0.300 bits per heavy atom. The van der Waals surface area contributed by atoms with Gasteiger partial charge in [-0.05, 0) is 0 Å². The molecule has 10 heavy (non-hydrogen) atoms. The molecule has 0 N–H and O–H groups in total. The smallest absolute Gasteiger partial charge is 0 e. The molecule has 0 nitrogen and oxygen atoms in total. The standard InChI is InChI=1S/3CH4.6CH3.Ir/h3*1H4;6*1H3;/q;;;6*-1;. The normalized spacial score (nSPS) is 0. The average Bonchev–Trinajstić information content (AvgIpc) is 0. The van der Waals surface area contributed by atoms with Gasteiger partial charge in [-0.1, -0.05) is 22.3 Å². The van der Waals surface area contributed by atoms with Gasteiger partial charge >= 0.3 is 0 Å². The Hall–Kier alpha value is 0.649. The third-order valence-electron chi connectivity index (χ3n) is 0. The Labute approximate surface area is 87.2 Å². The molecule has 1 heteroatoms. The summed E-state index contributed by atoms with van der Waals surface area (Å²) in [7, 11) is 0. The van der Waals surface area contributed by atoms with Crippen molar-refractivity contribution in [3.8, 4) is 0 Å². The summed E-state index contributed by atoms with van der Waals surface area (Å²) in [6, 6.07) is 0. The van der Waals surface area contributed by atoms with Crippen molar-refractivity contribution >= 4 is 0 Å². The molecule has 81 valence electrons. The molecule has 0 fully saturated rings. The number of hydrogen-bond donors (Lipinski definition) is 0. The molecule has 0 atom stereocenters. The molecular formula is C9H30Ir-6. The maximum atomic E-state index is 0. The Bertz CT molecular complexity index is 4.69. The van der Waals surface area contributed by atoms with E-state index < -0.39 is 0 Å². The van der Waals surface area contributed by atoms with Gasteiger partial charge in [-0.2, -0.15) is 0 Å². The summed E-state index contributed by atoms with van der Waals surface area (Å²) < 4.78 is 0. The van der Waals surface area contributed by atoms with Gasteiger partial charge in [0.1, 0.15) is 0 Å². The van der Waals surface area contributed by atoms with Crippen LogP contribution in [0.2, 0.25) is 0 Å². The van der Waals surface area contributed by atoms with Crippen LogP contribution in [0.15, 0.2) is 0 Å². The fourth-order valence-electron chi connectivity index (χ4n) is 0. The van der Waals surface area contributed by atoms with Gasteiger partial charge in [0.2, 0.25) is 0 Å². The third kappa shape index (κ3) is 1200. The molecule has 0 bridgehead atoms. The summed E-state index contributed by atoms with van der Waals surface area (Å²) in [5, 5.41) is 0. The van der Waals surface area contributed by atoms with Crippen LogP contribution in [0.3, 0.4) is 0 Å². The molecule has 0 amide bonds. The molecule has 0 saturated carbocycles.